The minimum atomic E-state index is -1.13. The van der Waals surface area contributed by atoms with Crippen molar-refractivity contribution in [1.82, 2.24) is 25.0 Å². The first-order chi connectivity index (χ1) is 11.9. The molecule has 1 unspecified atom stereocenters. The fourth-order valence-electron chi connectivity index (χ4n) is 2.20. The number of carbonyl (C=O) groups is 3. The molecule has 0 saturated carbocycles. The number of nitrogens with zero attached hydrogens (tertiary/aromatic N) is 4. The lowest BCUT2D eigenvalue weighted by molar-refractivity contribution is -0.141. The summed E-state index contributed by atoms with van der Waals surface area (Å²) in [6, 6.07) is 3.73. The van der Waals surface area contributed by atoms with Crippen molar-refractivity contribution in [3.05, 3.63) is 42.4 Å². The van der Waals surface area contributed by atoms with Gasteiger partial charge in [0.15, 0.2) is 5.82 Å². The van der Waals surface area contributed by atoms with Gasteiger partial charge in [-0.15, -0.1) is 0 Å². The summed E-state index contributed by atoms with van der Waals surface area (Å²) in [5.74, 6) is -1.39. The van der Waals surface area contributed by atoms with Crippen LogP contribution >= 0.6 is 0 Å². The van der Waals surface area contributed by atoms with E-state index in [2.05, 4.69) is 15.4 Å². The standard InChI is InChI=1S/C16H19N5O4/c1-11(16(24)25)20(9-7-17-12(2)22)15(23)13-4-6-18-14(10-13)21-8-3-5-19-21/h3-6,8,10-11H,7,9H2,1-2H3,(H,17,22)(H,24,25). The van der Waals surface area contributed by atoms with Crippen LogP contribution < -0.4 is 5.32 Å². The fraction of sp³-hybridized carbons (Fsp3) is 0.312. The maximum atomic E-state index is 12.8. The Bertz CT molecular complexity index is 760. The van der Waals surface area contributed by atoms with E-state index in [0.29, 0.717) is 5.82 Å². The molecule has 0 aliphatic heterocycles. The Hall–Kier alpha value is -3.23. The van der Waals surface area contributed by atoms with Gasteiger partial charge in [0.2, 0.25) is 5.91 Å². The molecule has 0 aromatic carbocycles. The van der Waals surface area contributed by atoms with E-state index >= 15 is 0 Å². The van der Waals surface area contributed by atoms with Gasteiger partial charge < -0.3 is 15.3 Å². The highest BCUT2D eigenvalue weighted by Gasteiger charge is 2.26. The Balaban J connectivity index is 2.24. The summed E-state index contributed by atoms with van der Waals surface area (Å²) in [4.78, 5) is 40.4. The van der Waals surface area contributed by atoms with Crippen LogP contribution in [0.2, 0.25) is 0 Å². The molecule has 0 aliphatic rings. The number of carboxylic acid groups (broad SMARTS) is 1. The van der Waals surface area contributed by atoms with Crippen molar-refractivity contribution < 1.29 is 19.5 Å². The molecule has 0 bridgehead atoms. The normalized spacial score (nSPS) is 11.6. The molecule has 2 aromatic heterocycles. The Morgan fingerprint density at radius 2 is 2.12 bits per heavy atom. The third-order valence-corrected chi connectivity index (χ3v) is 3.54. The zero-order valence-electron chi connectivity index (χ0n) is 13.9. The third-order valence-electron chi connectivity index (χ3n) is 3.54. The number of hydrogen-bond acceptors (Lipinski definition) is 5. The van der Waals surface area contributed by atoms with Gasteiger partial charge >= 0.3 is 5.97 Å². The van der Waals surface area contributed by atoms with Crippen LogP contribution in [0.4, 0.5) is 0 Å². The van der Waals surface area contributed by atoms with Gasteiger partial charge in [-0.3, -0.25) is 9.59 Å². The molecule has 0 spiro atoms. The van der Waals surface area contributed by atoms with Crippen LogP contribution in [0.25, 0.3) is 5.82 Å². The van der Waals surface area contributed by atoms with Crippen molar-refractivity contribution in [2.45, 2.75) is 19.9 Å². The third kappa shape index (κ3) is 4.63. The highest BCUT2D eigenvalue weighted by Crippen LogP contribution is 2.12. The monoisotopic (exact) mass is 345 g/mol. The van der Waals surface area contributed by atoms with Crippen LogP contribution in [0.1, 0.15) is 24.2 Å². The van der Waals surface area contributed by atoms with Crippen LogP contribution in [-0.2, 0) is 9.59 Å². The van der Waals surface area contributed by atoms with Crippen molar-refractivity contribution >= 4 is 17.8 Å². The van der Waals surface area contributed by atoms with Gasteiger partial charge in [-0.25, -0.2) is 14.5 Å². The second kappa shape index (κ2) is 8.04. The predicted molar refractivity (Wildman–Crippen MR) is 88.2 cm³/mol. The lowest BCUT2D eigenvalue weighted by atomic mass is 10.2. The number of carbonyl (C=O) groups excluding carboxylic acids is 2. The molecule has 0 radical (unpaired) electrons. The van der Waals surface area contributed by atoms with Gasteiger partial charge in [0, 0.05) is 44.2 Å². The van der Waals surface area contributed by atoms with Gasteiger partial charge in [0.25, 0.3) is 5.91 Å². The number of aromatic nitrogens is 3. The number of aliphatic carboxylic acids is 1. The molecule has 9 heteroatoms. The number of nitrogens with one attached hydrogen (secondary N) is 1. The molecule has 2 aromatic rings. The van der Waals surface area contributed by atoms with Crippen LogP contribution in [-0.4, -0.2) is 61.7 Å². The summed E-state index contributed by atoms with van der Waals surface area (Å²) in [5, 5.41) is 15.9. The summed E-state index contributed by atoms with van der Waals surface area (Å²) in [6.45, 7) is 3.01. The molecule has 132 valence electrons. The zero-order chi connectivity index (χ0) is 18.4. The van der Waals surface area contributed by atoms with E-state index in [1.54, 1.807) is 18.5 Å². The molecule has 2 N–H and O–H groups in total. The van der Waals surface area contributed by atoms with Gasteiger partial charge in [-0.2, -0.15) is 5.10 Å². The van der Waals surface area contributed by atoms with Crippen molar-refractivity contribution in [3.63, 3.8) is 0 Å². The molecule has 1 atom stereocenters. The van der Waals surface area contributed by atoms with Crippen LogP contribution in [0, 0.1) is 0 Å². The Labute approximate surface area is 144 Å². The molecule has 0 aliphatic carbocycles. The van der Waals surface area contributed by atoms with E-state index in [9.17, 15) is 19.5 Å². The minimum absolute atomic E-state index is 0.0747. The van der Waals surface area contributed by atoms with Crippen LogP contribution in [0.15, 0.2) is 36.8 Å². The summed E-state index contributed by atoms with van der Waals surface area (Å²) in [5.41, 5.74) is 0.288. The van der Waals surface area contributed by atoms with E-state index in [1.165, 1.54) is 41.8 Å². The second-order valence-electron chi connectivity index (χ2n) is 5.35. The van der Waals surface area contributed by atoms with E-state index in [0.717, 1.165) is 0 Å². The van der Waals surface area contributed by atoms with Crippen molar-refractivity contribution in [2.75, 3.05) is 13.1 Å². The fourth-order valence-corrected chi connectivity index (χ4v) is 2.20. The zero-order valence-corrected chi connectivity index (χ0v) is 13.9. The van der Waals surface area contributed by atoms with E-state index < -0.39 is 17.9 Å². The first kappa shape index (κ1) is 18.1. The summed E-state index contributed by atoms with van der Waals surface area (Å²) < 4.78 is 1.50. The summed E-state index contributed by atoms with van der Waals surface area (Å²) in [7, 11) is 0. The van der Waals surface area contributed by atoms with E-state index in [4.69, 9.17) is 0 Å². The number of pyridine rings is 1. The molecule has 25 heavy (non-hydrogen) atoms. The van der Waals surface area contributed by atoms with Gasteiger partial charge in [0.1, 0.15) is 6.04 Å². The Morgan fingerprint density at radius 3 is 2.72 bits per heavy atom. The predicted octanol–water partition coefficient (Wildman–Crippen LogP) is 0.319. The SMILES string of the molecule is CC(=O)NCCN(C(=O)c1ccnc(-n2cccn2)c1)C(C)C(=O)O. The lowest BCUT2D eigenvalue weighted by Gasteiger charge is -2.26. The van der Waals surface area contributed by atoms with Gasteiger partial charge in [-0.1, -0.05) is 0 Å². The average Bonchev–Trinajstić information content (AvgIpc) is 3.12. The molecule has 9 nitrogen and oxygen atoms in total. The van der Waals surface area contributed by atoms with Crippen molar-refractivity contribution in [2.24, 2.45) is 0 Å². The highest BCUT2D eigenvalue weighted by atomic mass is 16.4. The molecular formula is C16H19N5O4. The van der Waals surface area contributed by atoms with E-state index in [1.807, 2.05) is 0 Å². The smallest absolute Gasteiger partial charge is 0.326 e. The maximum Gasteiger partial charge on any atom is 0.326 e. The highest BCUT2D eigenvalue weighted by molar-refractivity contribution is 5.96. The first-order valence-corrected chi connectivity index (χ1v) is 7.64. The average molecular weight is 345 g/mol. The topological polar surface area (TPSA) is 117 Å². The van der Waals surface area contributed by atoms with Gasteiger partial charge in [-0.05, 0) is 25.1 Å². The second-order valence-corrected chi connectivity index (χ2v) is 5.35. The Kier molecular flexibility index (Phi) is 5.83. The lowest BCUT2D eigenvalue weighted by Crippen LogP contribution is -2.46. The molecule has 2 heterocycles. The summed E-state index contributed by atoms with van der Waals surface area (Å²) in [6.07, 6.45) is 4.73. The number of carboxylic acids is 1. The first-order valence-electron chi connectivity index (χ1n) is 7.64. The molecule has 0 saturated heterocycles. The number of rotatable bonds is 7. The molecular weight excluding hydrogens is 326 g/mol. The largest absolute Gasteiger partial charge is 0.480 e. The number of amides is 2. The van der Waals surface area contributed by atoms with E-state index in [-0.39, 0.29) is 24.6 Å². The van der Waals surface area contributed by atoms with Crippen molar-refractivity contribution in [3.8, 4) is 5.82 Å². The molecule has 2 amide bonds. The Morgan fingerprint density at radius 1 is 1.36 bits per heavy atom. The summed E-state index contributed by atoms with van der Waals surface area (Å²) >= 11 is 0. The molecule has 0 fully saturated rings. The molecule has 2 rings (SSSR count). The maximum absolute atomic E-state index is 12.8. The van der Waals surface area contributed by atoms with Crippen LogP contribution in [0.3, 0.4) is 0 Å². The quantitative estimate of drug-likeness (QED) is 0.746. The van der Waals surface area contributed by atoms with Crippen molar-refractivity contribution in [1.29, 1.82) is 0 Å². The minimum Gasteiger partial charge on any atom is -0.480 e. The number of hydrogen-bond donors (Lipinski definition) is 2. The van der Waals surface area contributed by atoms with Gasteiger partial charge in [0.05, 0.1) is 0 Å². The van der Waals surface area contributed by atoms with Crippen LogP contribution in [0.5, 0.6) is 0 Å².